The Balaban J connectivity index is 3.05. The summed E-state index contributed by atoms with van der Waals surface area (Å²) in [6.45, 7) is 3.72. The molecule has 1 aromatic rings. The zero-order valence-corrected chi connectivity index (χ0v) is 9.60. The summed E-state index contributed by atoms with van der Waals surface area (Å²) in [7, 11) is 0. The van der Waals surface area contributed by atoms with Crippen LogP contribution in [0.3, 0.4) is 0 Å². The summed E-state index contributed by atoms with van der Waals surface area (Å²) in [5.74, 6) is -3.34. The van der Waals surface area contributed by atoms with Crippen LogP contribution in [0.1, 0.15) is 31.9 Å². The van der Waals surface area contributed by atoms with Gasteiger partial charge in [-0.25, -0.2) is 13.2 Å². The monoisotopic (exact) mass is 242 g/mol. The Morgan fingerprint density at radius 1 is 1.24 bits per heavy atom. The third-order valence-electron chi connectivity index (χ3n) is 2.54. The highest BCUT2D eigenvalue weighted by Crippen LogP contribution is 2.20. The van der Waals surface area contributed by atoms with Crippen molar-refractivity contribution in [3.8, 4) is 6.07 Å². The highest BCUT2D eigenvalue weighted by atomic mass is 19.2. The molecule has 0 saturated carbocycles. The topological polar surface area (TPSA) is 35.8 Å². The molecule has 0 bridgehead atoms. The first kappa shape index (κ1) is 13.5. The van der Waals surface area contributed by atoms with Gasteiger partial charge in [0, 0.05) is 17.7 Å². The fourth-order valence-electron chi connectivity index (χ4n) is 1.36. The number of nitriles is 1. The molecular formula is C12H13F3N2. The number of halogens is 3. The van der Waals surface area contributed by atoms with Crippen LogP contribution in [0, 0.1) is 28.8 Å². The number of nitrogens with one attached hydrogen (secondary N) is 1. The molecule has 0 spiro atoms. The minimum Gasteiger partial charge on any atom is -0.296 e. The molecule has 0 radical (unpaired) electrons. The smallest absolute Gasteiger partial charge is 0.161 e. The van der Waals surface area contributed by atoms with Gasteiger partial charge in [-0.3, -0.25) is 5.32 Å². The summed E-state index contributed by atoms with van der Waals surface area (Å²) in [5, 5.41) is 11.7. The van der Waals surface area contributed by atoms with Crippen LogP contribution in [0.5, 0.6) is 0 Å². The van der Waals surface area contributed by atoms with Gasteiger partial charge in [0.2, 0.25) is 0 Å². The Morgan fingerprint density at radius 2 is 1.82 bits per heavy atom. The molecule has 0 aliphatic rings. The predicted molar refractivity (Wildman–Crippen MR) is 57.6 cm³/mol. The zero-order valence-electron chi connectivity index (χ0n) is 9.60. The number of hydrogen-bond donors (Lipinski definition) is 1. The molecule has 0 aromatic heterocycles. The molecule has 0 aliphatic heterocycles. The molecule has 0 fully saturated rings. The van der Waals surface area contributed by atoms with E-state index in [1.807, 2.05) is 19.9 Å². The molecule has 1 N–H and O–H groups in total. The normalized spacial score (nSPS) is 14.1. The molecular weight excluding hydrogens is 229 g/mol. The number of hydrogen-bond acceptors (Lipinski definition) is 2. The van der Waals surface area contributed by atoms with Crippen molar-refractivity contribution in [2.24, 2.45) is 0 Å². The van der Waals surface area contributed by atoms with Gasteiger partial charge in [-0.05, 0) is 19.4 Å². The largest absolute Gasteiger partial charge is 0.296 e. The highest BCUT2D eigenvalue weighted by molar-refractivity contribution is 5.27. The Kier molecular flexibility index (Phi) is 4.53. The van der Waals surface area contributed by atoms with Crippen molar-refractivity contribution < 1.29 is 13.2 Å². The molecule has 1 rings (SSSR count). The number of benzene rings is 1. The standard InChI is InChI=1S/C12H13F3N2/c1-3-7(2)17-12(6-16)8-4-10(14)11(15)5-9(8)13/h4-5,7,12,17H,3H2,1-2H3. The van der Waals surface area contributed by atoms with Crippen LogP contribution in [0.4, 0.5) is 13.2 Å². The van der Waals surface area contributed by atoms with Crippen molar-refractivity contribution in [3.05, 3.63) is 35.1 Å². The van der Waals surface area contributed by atoms with Crippen LogP contribution < -0.4 is 5.32 Å². The van der Waals surface area contributed by atoms with E-state index in [9.17, 15) is 13.2 Å². The minimum atomic E-state index is -1.26. The summed E-state index contributed by atoms with van der Waals surface area (Å²) in [5.41, 5.74) is -0.174. The van der Waals surface area contributed by atoms with E-state index in [-0.39, 0.29) is 11.6 Å². The molecule has 0 saturated heterocycles. The Labute approximate surface area is 98.1 Å². The summed E-state index contributed by atoms with van der Waals surface area (Å²) in [6, 6.07) is 1.99. The molecule has 0 amide bonds. The lowest BCUT2D eigenvalue weighted by atomic mass is 10.1. The van der Waals surface area contributed by atoms with Crippen molar-refractivity contribution in [3.63, 3.8) is 0 Å². The summed E-state index contributed by atoms with van der Waals surface area (Å²) in [4.78, 5) is 0. The molecule has 5 heteroatoms. The van der Waals surface area contributed by atoms with Crippen LogP contribution >= 0.6 is 0 Å². The van der Waals surface area contributed by atoms with Gasteiger partial charge in [0.25, 0.3) is 0 Å². The van der Waals surface area contributed by atoms with Crippen molar-refractivity contribution in [2.75, 3.05) is 0 Å². The van der Waals surface area contributed by atoms with Crippen LogP contribution in [-0.2, 0) is 0 Å². The maximum Gasteiger partial charge on any atom is 0.161 e. The summed E-state index contributed by atoms with van der Waals surface area (Å²) >= 11 is 0. The summed E-state index contributed by atoms with van der Waals surface area (Å²) < 4.78 is 39.2. The van der Waals surface area contributed by atoms with Crippen LogP contribution in [0.2, 0.25) is 0 Å². The third-order valence-corrected chi connectivity index (χ3v) is 2.54. The van der Waals surface area contributed by atoms with E-state index in [0.717, 1.165) is 6.42 Å². The first-order chi connectivity index (χ1) is 7.99. The van der Waals surface area contributed by atoms with E-state index >= 15 is 0 Å². The van der Waals surface area contributed by atoms with Crippen molar-refractivity contribution in [2.45, 2.75) is 32.4 Å². The van der Waals surface area contributed by atoms with Crippen molar-refractivity contribution in [1.82, 2.24) is 5.32 Å². The van der Waals surface area contributed by atoms with E-state index in [2.05, 4.69) is 5.32 Å². The van der Waals surface area contributed by atoms with Gasteiger partial charge in [-0.2, -0.15) is 5.26 Å². The van der Waals surface area contributed by atoms with E-state index in [1.165, 1.54) is 0 Å². The van der Waals surface area contributed by atoms with Crippen LogP contribution in [0.25, 0.3) is 0 Å². The second-order valence-electron chi connectivity index (χ2n) is 3.83. The van der Waals surface area contributed by atoms with Crippen LogP contribution in [0.15, 0.2) is 12.1 Å². The first-order valence-corrected chi connectivity index (χ1v) is 5.29. The maximum absolute atomic E-state index is 13.4. The predicted octanol–water partition coefficient (Wildman–Crippen LogP) is 3.06. The minimum absolute atomic E-state index is 0.0211. The van der Waals surface area contributed by atoms with E-state index in [0.29, 0.717) is 12.1 Å². The molecule has 2 unspecified atom stereocenters. The molecule has 1 aromatic carbocycles. The van der Waals surface area contributed by atoms with Crippen LogP contribution in [-0.4, -0.2) is 6.04 Å². The quantitative estimate of drug-likeness (QED) is 0.824. The molecule has 0 heterocycles. The average Bonchev–Trinajstić information content (AvgIpc) is 2.30. The van der Waals surface area contributed by atoms with Gasteiger partial charge in [-0.1, -0.05) is 6.92 Å². The Bertz CT molecular complexity index is 440. The Morgan fingerprint density at radius 3 is 2.35 bits per heavy atom. The van der Waals surface area contributed by atoms with E-state index in [4.69, 9.17) is 5.26 Å². The van der Waals surface area contributed by atoms with Crippen molar-refractivity contribution >= 4 is 0 Å². The second kappa shape index (κ2) is 5.69. The van der Waals surface area contributed by atoms with Gasteiger partial charge in [-0.15, -0.1) is 0 Å². The molecule has 2 atom stereocenters. The molecule has 2 nitrogen and oxygen atoms in total. The van der Waals surface area contributed by atoms with Gasteiger partial charge in [0.05, 0.1) is 6.07 Å². The maximum atomic E-state index is 13.4. The fourth-order valence-corrected chi connectivity index (χ4v) is 1.36. The zero-order chi connectivity index (χ0) is 13.0. The lowest BCUT2D eigenvalue weighted by Crippen LogP contribution is -2.29. The summed E-state index contributed by atoms with van der Waals surface area (Å²) in [6.07, 6.45) is 0.740. The average molecular weight is 242 g/mol. The van der Waals surface area contributed by atoms with Gasteiger partial charge in [0.15, 0.2) is 11.6 Å². The second-order valence-corrected chi connectivity index (χ2v) is 3.83. The molecule has 17 heavy (non-hydrogen) atoms. The lowest BCUT2D eigenvalue weighted by molar-refractivity contribution is 0.463. The Hall–Kier alpha value is -1.54. The molecule has 92 valence electrons. The highest BCUT2D eigenvalue weighted by Gasteiger charge is 2.19. The fraction of sp³-hybridized carbons (Fsp3) is 0.417. The van der Waals surface area contributed by atoms with Gasteiger partial charge >= 0.3 is 0 Å². The first-order valence-electron chi connectivity index (χ1n) is 5.29. The van der Waals surface area contributed by atoms with Gasteiger partial charge in [0.1, 0.15) is 11.9 Å². The number of nitrogens with zero attached hydrogens (tertiary/aromatic N) is 1. The molecule has 0 aliphatic carbocycles. The van der Waals surface area contributed by atoms with Crippen molar-refractivity contribution in [1.29, 1.82) is 5.26 Å². The van der Waals surface area contributed by atoms with Gasteiger partial charge < -0.3 is 0 Å². The number of rotatable bonds is 4. The van der Waals surface area contributed by atoms with E-state index < -0.39 is 23.5 Å². The SMILES string of the molecule is CCC(C)NC(C#N)c1cc(F)c(F)cc1F. The third kappa shape index (κ3) is 3.21. The lowest BCUT2D eigenvalue weighted by Gasteiger charge is -2.17. The van der Waals surface area contributed by atoms with E-state index in [1.54, 1.807) is 0 Å².